The fraction of sp³-hybridized carbons (Fsp3) is 0.647. The van der Waals surface area contributed by atoms with Gasteiger partial charge < -0.3 is 10.1 Å². The molecule has 0 spiro atoms. The monoisotopic (exact) mass is 399 g/mol. The molecule has 0 radical (unpaired) electrons. The van der Waals surface area contributed by atoms with Crippen molar-refractivity contribution in [1.29, 1.82) is 0 Å². The molecule has 144 valence electrons. The number of carbonyl (C=O) groups excluding carboxylic acids is 3. The number of thioether (sulfide) groups is 1. The maximum Gasteiger partial charge on any atom is 0.321 e. The fourth-order valence-electron chi connectivity index (χ4n) is 2.67. The van der Waals surface area contributed by atoms with E-state index in [2.05, 4.69) is 15.6 Å². The van der Waals surface area contributed by atoms with Crippen molar-refractivity contribution >= 4 is 41.0 Å². The number of imide groups is 1. The minimum absolute atomic E-state index is 0.120. The molecule has 0 bridgehead atoms. The van der Waals surface area contributed by atoms with E-state index in [-0.39, 0.29) is 24.3 Å². The smallest absolute Gasteiger partial charge is 0.321 e. The van der Waals surface area contributed by atoms with Gasteiger partial charge in [0.15, 0.2) is 4.34 Å². The molecule has 9 heteroatoms. The van der Waals surface area contributed by atoms with E-state index in [1.165, 1.54) is 29.5 Å². The van der Waals surface area contributed by atoms with Gasteiger partial charge in [-0.1, -0.05) is 31.0 Å². The number of hydrogen-bond acceptors (Lipinski definition) is 7. The van der Waals surface area contributed by atoms with E-state index in [4.69, 9.17) is 4.74 Å². The van der Waals surface area contributed by atoms with Crippen LogP contribution in [0.3, 0.4) is 0 Å². The zero-order valence-corrected chi connectivity index (χ0v) is 16.7. The van der Waals surface area contributed by atoms with Crippen LogP contribution in [0.5, 0.6) is 0 Å². The van der Waals surface area contributed by atoms with Gasteiger partial charge in [-0.15, -0.1) is 11.3 Å². The molecule has 0 saturated heterocycles. The van der Waals surface area contributed by atoms with Gasteiger partial charge in [0, 0.05) is 11.4 Å². The van der Waals surface area contributed by atoms with E-state index in [9.17, 15) is 14.4 Å². The largest absolute Gasteiger partial charge is 0.466 e. The molecule has 1 saturated carbocycles. The van der Waals surface area contributed by atoms with Crippen LogP contribution in [-0.4, -0.2) is 40.8 Å². The number of amides is 3. The Bertz CT molecular complexity index is 629. The van der Waals surface area contributed by atoms with Crippen LogP contribution in [0.15, 0.2) is 9.72 Å². The van der Waals surface area contributed by atoms with Gasteiger partial charge in [-0.2, -0.15) is 0 Å². The second-order valence-electron chi connectivity index (χ2n) is 6.14. The Labute approximate surface area is 161 Å². The van der Waals surface area contributed by atoms with Gasteiger partial charge in [-0.25, -0.2) is 9.78 Å². The normalized spacial score (nSPS) is 15.9. The number of thiazole rings is 1. The minimum Gasteiger partial charge on any atom is -0.466 e. The highest BCUT2D eigenvalue weighted by Crippen LogP contribution is 2.27. The lowest BCUT2D eigenvalue weighted by Crippen LogP contribution is -2.47. The van der Waals surface area contributed by atoms with Crippen molar-refractivity contribution in [3.63, 3.8) is 0 Å². The lowest BCUT2D eigenvalue weighted by molar-refractivity contribution is -0.142. The molecule has 1 atom stereocenters. The highest BCUT2D eigenvalue weighted by atomic mass is 32.2. The molecule has 1 heterocycles. The number of esters is 1. The average molecular weight is 400 g/mol. The molecule has 1 aliphatic carbocycles. The zero-order valence-electron chi connectivity index (χ0n) is 15.1. The third-order valence-corrected chi connectivity index (χ3v) is 6.11. The molecule has 26 heavy (non-hydrogen) atoms. The Kier molecular flexibility index (Phi) is 8.37. The van der Waals surface area contributed by atoms with Crippen molar-refractivity contribution < 1.29 is 19.1 Å². The number of nitrogens with one attached hydrogen (secondary N) is 2. The maximum atomic E-state index is 12.2. The first-order valence-electron chi connectivity index (χ1n) is 8.86. The summed E-state index contributed by atoms with van der Waals surface area (Å²) >= 11 is 2.63. The van der Waals surface area contributed by atoms with Gasteiger partial charge >= 0.3 is 12.0 Å². The Morgan fingerprint density at radius 1 is 1.35 bits per heavy atom. The molecule has 3 amide bonds. The summed E-state index contributed by atoms with van der Waals surface area (Å²) in [6.45, 7) is 3.82. The number of urea groups is 1. The van der Waals surface area contributed by atoms with Gasteiger partial charge in [0.05, 0.1) is 24.0 Å². The van der Waals surface area contributed by atoms with Crippen molar-refractivity contribution in [1.82, 2.24) is 15.6 Å². The number of hydrogen-bond donors (Lipinski definition) is 2. The van der Waals surface area contributed by atoms with Gasteiger partial charge in [-0.05, 0) is 26.7 Å². The molecule has 1 aliphatic rings. The van der Waals surface area contributed by atoms with Gasteiger partial charge in [0.25, 0.3) is 0 Å². The molecule has 0 unspecified atom stereocenters. The number of aromatic nitrogens is 1. The molecule has 2 N–H and O–H groups in total. The van der Waals surface area contributed by atoms with Crippen molar-refractivity contribution in [3.05, 3.63) is 11.1 Å². The van der Waals surface area contributed by atoms with Gasteiger partial charge in [0.1, 0.15) is 0 Å². The highest BCUT2D eigenvalue weighted by molar-refractivity contribution is 8.02. The van der Waals surface area contributed by atoms with Crippen LogP contribution in [0.1, 0.15) is 51.6 Å². The molecule has 0 aliphatic heterocycles. The summed E-state index contributed by atoms with van der Waals surface area (Å²) in [6.07, 6.45) is 5.49. The summed E-state index contributed by atoms with van der Waals surface area (Å²) < 4.78 is 5.57. The van der Waals surface area contributed by atoms with Crippen molar-refractivity contribution in [2.45, 2.75) is 68.0 Å². The maximum absolute atomic E-state index is 12.2. The molecular weight excluding hydrogens is 374 g/mol. The molecule has 2 rings (SSSR count). The summed E-state index contributed by atoms with van der Waals surface area (Å²) in [6, 6.07) is -0.277. The fourth-order valence-corrected chi connectivity index (χ4v) is 4.65. The lowest BCUT2D eigenvalue weighted by Gasteiger charge is -2.22. The van der Waals surface area contributed by atoms with Crippen LogP contribution in [0.4, 0.5) is 4.79 Å². The first-order valence-corrected chi connectivity index (χ1v) is 10.6. The second kappa shape index (κ2) is 10.5. The summed E-state index contributed by atoms with van der Waals surface area (Å²) in [7, 11) is 0. The summed E-state index contributed by atoms with van der Waals surface area (Å²) in [5.41, 5.74) is 0.624. The van der Waals surface area contributed by atoms with Crippen LogP contribution >= 0.6 is 23.1 Å². The topological polar surface area (TPSA) is 97.4 Å². The molecule has 0 aromatic carbocycles. The quantitative estimate of drug-likeness (QED) is 0.540. The molecule has 1 aromatic heterocycles. The van der Waals surface area contributed by atoms with E-state index >= 15 is 0 Å². The number of rotatable bonds is 7. The number of carbonyl (C=O) groups is 3. The van der Waals surface area contributed by atoms with Crippen LogP contribution in [-0.2, 0) is 20.7 Å². The average Bonchev–Trinajstić information content (AvgIpc) is 3.02. The highest BCUT2D eigenvalue weighted by Gasteiger charge is 2.21. The van der Waals surface area contributed by atoms with Crippen LogP contribution in [0, 0.1) is 0 Å². The van der Waals surface area contributed by atoms with E-state index < -0.39 is 11.3 Å². The van der Waals surface area contributed by atoms with Crippen LogP contribution in [0.2, 0.25) is 0 Å². The lowest BCUT2D eigenvalue weighted by atomic mass is 9.96. The van der Waals surface area contributed by atoms with Gasteiger partial charge in [-0.3, -0.25) is 14.9 Å². The van der Waals surface area contributed by atoms with Crippen molar-refractivity contribution in [3.8, 4) is 0 Å². The third kappa shape index (κ3) is 6.95. The molecular formula is C17H25N3O4S2. The van der Waals surface area contributed by atoms with Gasteiger partial charge in [0.2, 0.25) is 5.91 Å². The second-order valence-corrected chi connectivity index (χ2v) is 8.59. The molecule has 1 fully saturated rings. The SMILES string of the molecule is CCOC(=O)Cc1csc(S[C@@H](C)C(=O)NC(=O)NC2CCCCC2)n1. The molecule has 1 aromatic rings. The first-order chi connectivity index (χ1) is 12.5. The van der Waals surface area contributed by atoms with E-state index in [1.807, 2.05) is 0 Å². The van der Waals surface area contributed by atoms with Crippen molar-refractivity contribution in [2.75, 3.05) is 6.61 Å². The number of ether oxygens (including phenoxy) is 1. The van der Waals surface area contributed by atoms with Crippen molar-refractivity contribution in [2.24, 2.45) is 0 Å². The van der Waals surface area contributed by atoms with E-state index in [0.29, 0.717) is 16.6 Å². The van der Waals surface area contributed by atoms with E-state index in [0.717, 1.165) is 25.7 Å². The van der Waals surface area contributed by atoms with Crippen LogP contribution in [0.25, 0.3) is 0 Å². The summed E-state index contributed by atoms with van der Waals surface area (Å²) in [5.74, 6) is -0.676. The Morgan fingerprint density at radius 3 is 2.77 bits per heavy atom. The molecule has 7 nitrogen and oxygen atoms in total. The summed E-state index contributed by atoms with van der Waals surface area (Å²) in [5, 5.41) is 6.57. The number of nitrogens with zero attached hydrogens (tertiary/aromatic N) is 1. The predicted octanol–water partition coefficient (Wildman–Crippen LogP) is 2.89. The Hall–Kier alpha value is -1.61. The van der Waals surface area contributed by atoms with Crippen LogP contribution < -0.4 is 10.6 Å². The van der Waals surface area contributed by atoms with E-state index in [1.54, 1.807) is 19.2 Å². The minimum atomic E-state index is -0.464. The standard InChI is InChI=1S/C17H25N3O4S2/c1-3-24-14(21)9-13-10-25-17(19-13)26-11(2)15(22)20-16(23)18-12-7-5-4-6-8-12/h10-12H,3-9H2,1-2H3,(H2,18,20,22,23)/t11-/m0/s1. The third-order valence-electron chi connectivity index (χ3n) is 3.99. The predicted molar refractivity (Wildman–Crippen MR) is 101 cm³/mol. The first kappa shape index (κ1) is 20.7. The summed E-state index contributed by atoms with van der Waals surface area (Å²) in [4.78, 5) is 39.9. The Balaban J connectivity index is 1.76. The Morgan fingerprint density at radius 2 is 2.08 bits per heavy atom. The zero-order chi connectivity index (χ0) is 18.9.